The standard InChI is InChI=1S/C12H12F2N2O2/c1-2-18-12(17)9-4-7(11(13)14)3-8(5-15)10(9)6-16/h3-4,11H,2,5,15H2,1H3. The first kappa shape index (κ1) is 14.1. The fourth-order valence-electron chi connectivity index (χ4n) is 1.52. The maximum Gasteiger partial charge on any atom is 0.339 e. The lowest BCUT2D eigenvalue weighted by atomic mass is 9.98. The van der Waals surface area contributed by atoms with Crippen LogP contribution >= 0.6 is 0 Å². The summed E-state index contributed by atoms with van der Waals surface area (Å²) < 4.78 is 30.1. The van der Waals surface area contributed by atoms with Gasteiger partial charge in [0, 0.05) is 12.1 Å². The van der Waals surface area contributed by atoms with Gasteiger partial charge in [-0.05, 0) is 24.6 Å². The van der Waals surface area contributed by atoms with Gasteiger partial charge >= 0.3 is 5.97 Å². The molecule has 2 N–H and O–H groups in total. The first-order chi connectivity index (χ1) is 8.54. The molecule has 0 saturated heterocycles. The van der Waals surface area contributed by atoms with E-state index in [1.807, 2.05) is 0 Å². The highest BCUT2D eigenvalue weighted by molar-refractivity contribution is 5.93. The number of benzene rings is 1. The second-order valence-corrected chi connectivity index (χ2v) is 3.44. The van der Waals surface area contributed by atoms with Crippen LogP contribution in [-0.4, -0.2) is 12.6 Å². The van der Waals surface area contributed by atoms with Crippen molar-refractivity contribution in [3.63, 3.8) is 0 Å². The number of esters is 1. The van der Waals surface area contributed by atoms with E-state index in [1.54, 1.807) is 13.0 Å². The molecule has 0 aromatic heterocycles. The van der Waals surface area contributed by atoms with Crippen LogP contribution in [0.15, 0.2) is 12.1 Å². The Balaban J connectivity index is 3.41. The SMILES string of the molecule is CCOC(=O)c1cc(C(F)F)cc(CN)c1C#N. The number of hydrogen-bond donors (Lipinski definition) is 1. The van der Waals surface area contributed by atoms with Gasteiger partial charge in [-0.25, -0.2) is 13.6 Å². The third-order valence-electron chi connectivity index (χ3n) is 2.32. The highest BCUT2D eigenvalue weighted by atomic mass is 19.3. The summed E-state index contributed by atoms with van der Waals surface area (Å²) >= 11 is 0. The number of carbonyl (C=O) groups is 1. The third-order valence-corrected chi connectivity index (χ3v) is 2.32. The van der Waals surface area contributed by atoms with Crippen LogP contribution in [0, 0.1) is 11.3 Å². The number of carbonyl (C=O) groups excluding carboxylic acids is 1. The average molecular weight is 254 g/mol. The molecule has 0 radical (unpaired) electrons. The zero-order chi connectivity index (χ0) is 13.7. The van der Waals surface area contributed by atoms with Gasteiger partial charge in [0.2, 0.25) is 0 Å². The van der Waals surface area contributed by atoms with Crippen molar-refractivity contribution in [2.45, 2.75) is 19.9 Å². The van der Waals surface area contributed by atoms with Gasteiger partial charge in [0.1, 0.15) is 6.07 Å². The van der Waals surface area contributed by atoms with E-state index in [0.29, 0.717) is 0 Å². The van der Waals surface area contributed by atoms with Crippen LogP contribution < -0.4 is 5.73 Å². The van der Waals surface area contributed by atoms with Crippen LogP contribution in [0.4, 0.5) is 8.78 Å². The average Bonchev–Trinajstić information content (AvgIpc) is 2.37. The lowest BCUT2D eigenvalue weighted by molar-refractivity contribution is 0.0525. The number of halogens is 2. The van der Waals surface area contributed by atoms with E-state index < -0.39 is 12.4 Å². The Labute approximate surface area is 103 Å². The molecule has 18 heavy (non-hydrogen) atoms. The summed E-state index contributed by atoms with van der Waals surface area (Å²) in [6.07, 6.45) is -2.74. The molecule has 0 heterocycles. The van der Waals surface area contributed by atoms with Crippen molar-refractivity contribution in [3.05, 3.63) is 34.4 Å². The molecule has 0 bridgehead atoms. The Morgan fingerprint density at radius 1 is 1.56 bits per heavy atom. The van der Waals surface area contributed by atoms with Gasteiger partial charge in [0.15, 0.2) is 0 Å². The van der Waals surface area contributed by atoms with Gasteiger partial charge in [-0.15, -0.1) is 0 Å². The number of nitriles is 1. The Morgan fingerprint density at radius 2 is 2.22 bits per heavy atom. The largest absolute Gasteiger partial charge is 0.462 e. The highest BCUT2D eigenvalue weighted by Crippen LogP contribution is 2.25. The van der Waals surface area contributed by atoms with Crippen molar-refractivity contribution in [2.75, 3.05) is 6.61 Å². The molecule has 0 aliphatic rings. The molecule has 96 valence electrons. The molecule has 4 nitrogen and oxygen atoms in total. The monoisotopic (exact) mass is 254 g/mol. The minimum Gasteiger partial charge on any atom is -0.462 e. The predicted octanol–water partition coefficient (Wildman–Crippen LogP) is 2.13. The predicted molar refractivity (Wildman–Crippen MR) is 60.0 cm³/mol. The van der Waals surface area contributed by atoms with E-state index >= 15 is 0 Å². The fraction of sp³-hybridized carbons (Fsp3) is 0.333. The van der Waals surface area contributed by atoms with Crippen molar-refractivity contribution in [2.24, 2.45) is 5.73 Å². The molecular formula is C12H12F2N2O2. The van der Waals surface area contributed by atoms with Gasteiger partial charge in [0.25, 0.3) is 6.43 Å². The number of nitrogens with two attached hydrogens (primary N) is 1. The molecule has 0 saturated carbocycles. The topological polar surface area (TPSA) is 76.1 Å². The highest BCUT2D eigenvalue weighted by Gasteiger charge is 2.20. The number of rotatable bonds is 4. The van der Waals surface area contributed by atoms with E-state index in [2.05, 4.69) is 0 Å². The van der Waals surface area contributed by atoms with Crippen LogP contribution in [0.3, 0.4) is 0 Å². The molecule has 0 aliphatic heterocycles. The Bertz CT molecular complexity index is 496. The molecule has 1 aromatic carbocycles. The van der Waals surface area contributed by atoms with E-state index in [9.17, 15) is 13.6 Å². The van der Waals surface area contributed by atoms with E-state index in [1.165, 1.54) is 0 Å². The summed E-state index contributed by atoms with van der Waals surface area (Å²) in [5.74, 6) is -0.800. The maximum atomic E-state index is 12.7. The van der Waals surface area contributed by atoms with Crippen molar-refractivity contribution in [3.8, 4) is 6.07 Å². The minimum absolute atomic E-state index is 0.0136. The quantitative estimate of drug-likeness (QED) is 0.835. The molecule has 1 rings (SSSR count). The molecular weight excluding hydrogens is 242 g/mol. The molecule has 0 atom stereocenters. The van der Waals surface area contributed by atoms with Crippen LogP contribution in [0.1, 0.15) is 40.4 Å². The molecule has 0 fully saturated rings. The smallest absolute Gasteiger partial charge is 0.339 e. The van der Waals surface area contributed by atoms with Gasteiger partial charge in [-0.2, -0.15) is 5.26 Å². The minimum atomic E-state index is -2.74. The summed E-state index contributed by atoms with van der Waals surface area (Å²) in [4.78, 5) is 11.6. The van der Waals surface area contributed by atoms with E-state index in [4.69, 9.17) is 15.7 Å². The molecule has 6 heteroatoms. The van der Waals surface area contributed by atoms with Gasteiger partial charge in [-0.3, -0.25) is 0 Å². The van der Waals surface area contributed by atoms with Crippen LogP contribution in [0.25, 0.3) is 0 Å². The second-order valence-electron chi connectivity index (χ2n) is 3.44. The van der Waals surface area contributed by atoms with E-state index in [0.717, 1.165) is 12.1 Å². The first-order valence-corrected chi connectivity index (χ1v) is 5.27. The number of hydrogen-bond acceptors (Lipinski definition) is 4. The second kappa shape index (κ2) is 6.07. The molecule has 1 aromatic rings. The number of ether oxygens (including phenoxy) is 1. The normalized spacial score (nSPS) is 10.2. The zero-order valence-corrected chi connectivity index (χ0v) is 9.74. The fourth-order valence-corrected chi connectivity index (χ4v) is 1.52. The number of alkyl halides is 2. The van der Waals surface area contributed by atoms with Crippen molar-refractivity contribution < 1.29 is 18.3 Å². The number of nitrogens with zero attached hydrogens (tertiary/aromatic N) is 1. The third kappa shape index (κ3) is 2.81. The van der Waals surface area contributed by atoms with Gasteiger partial charge in [0.05, 0.1) is 17.7 Å². The van der Waals surface area contributed by atoms with Crippen LogP contribution in [0.2, 0.25) is 0 Å². The molecule has 0 unspecified atom stereocenters. The molecule has 0 amide bonds. The van der Waals surface area contributed by atoms with Gasteiger partial charge < -0.3 is 10.5 Å². The van der Waals surface area contributed by atoms with Crippen molar-refractivity contribution in [1.29, 1.82) is 5.26 Å². The van der Waals surface area contributed by atoms with Crippen molar-refractivity contribution in [1.82, 2.24) is 0 Å². The van der Waals surface area contributed by atoms with Gasteiger partial charge in [-0.1, -0.05) is 0 Å². The zero-order valence-electron chi connectivity index (χ0n) is 9.74. The van der Waals surface area contributed by atoms with Crippen LogP contribution in [-0.2, 0) is 11.3 Å². The Hall–Kier alpha value is -2.00. The summed E-state index contributed by atoms with van der Waals surface area (Å²) in [6, 6.07) is 3.90. The lowest BCUT2D eigenvalue weighted by Gasteiger charge is -2.10. The summed E-state index contributed by atoms with van der Waals surface area (Å²) in [5, 5.41) is 8.98. The van der Waals surface area contributed by atoms with Crippen LogP contribution in [0.5, 0.6) is 0 Å². The van der Waals surface area contributed by atoms with E-state index in [-0.39, 0.29) is 35.4 Å². The van der Waals surface area contributed by atoms with Crippen molar-refractivity contribution >= 4 is 5.97 Å². The summed E-state index contributed by atoms with van der Waals surface area (Å²) in [6.45, 7) is 1.58. The first-order valence-electron chi connectivity index (χ1n) is 5.27. The molecule has 0 spiro atoms. The Morgan fingerprint density at radius 3 is 2.67 bits per heavy atom. The lowest BCUT2D eigenvalue weighted by Crippen LogP contribution is -2.12. The maximum absolute atomic E-state index is 12.7. The summed E-state index contributed by atoms with van der Waals surface area (Å²) in [5.41, 5.74) is 5.06. The Kier molecular flexibility index (Phi) is 4.75. The molecule has 0 aliphatic carbocycles. The summed E-state index contributed by atoms with van der Waals surface area (Å²) in [7, 11) is 0.